The van der Waals surface area contributed by atoms with Crippen LogP contribution in [0.25, 0.3) is 0 Å². The molecule has 2 atom stereocenters. The Morgan fingerprint density at radius 1 is 1.42 bits per heavy atom. The summed E-state index contributed by atoms with van der Waals surface area (Å²) in [6.45, 7) is 5.51. The second-order valence-electron chi connectivity index (χ2n) is 6.88. The van der Waals surface area contributed by atoms with E-state index in [1.54, 1.807) is 11.3 Å². The van der Waals surface area contributed by atoms with Crippen LogP contribution in [0, 0.1) is 5.92 Å². The van der Waals surface area contributed by atoms with Crippen LogP contribution in [-0.4, -0.2) is 38.5 Å². The third-order valence-corrected chi connectivity index (χ3v) is 7.31. The highest BCUT2D eigenvalue weighted by molar-refractivity contribution is 8.23. The third kappa shape index (κ3) is 4.49. The second kappa shape index (κ2) is 8.15. The van der Waals surface area contributed by atoms with E-state index in [4.69, 9.17) is 12.2 Å². The zero-order valence-corrected chi connectivity index (χ0v) is 16.8. The van der Waals surface area contributed by atoms with E-state index >= 15 is 0 Å². The summed E-state index contributed by atoms with van der Waals surface area (Å²) >= 11 is 8.62. The molecule has 0 radical (unpaired) electrons. The van der Waals surface area contributed by atoms with Gasteiger partial charge in [-0.2, -0.15) is 0 Å². The number of anilines is 1. The molecule has 1 aliphatic heterocycles. The summed E-state index contributed by atoms with van der Waals surface area (Å²) in [6, 6.07) is 0.495. The highest BCUT2D eigenvalue weighted by atomic mass is 32.2. The van der Waals surface area contributed by atoms with Gasteiger partial charge in [-0.1, -0.05) is 30.9 Å². The molecule has 132 valence electrons. The van der Waals surface area contributed by atoms with Crippen LogP contribution in [0.4, 0.5) is 5.13 Å². The summed E-state index contributed by atoms with van der Waals surface area (Å²) in [6.07, 6.45) is 6.99. The van der Waals surface area contributed by atoms with Crippen molar-refractivity contribution in [3.63, 3.8) is 0 Å². The molecule has 4 nitrogen and oxygen atoms in total. The topological polar surface area (TPSA) is 45.2 Å². The Hall–Kier alpha value is -0.660. The molecular weight excluding hydrogens is 358 g/mol. The number of hydrogen-bond donors (Lipinski definition) is 1. The van der Waals surface area contributed by atoms with E-state index in [2.05, 4.69) is 29.0 Å². The molecule has 24 heavy (non-hydrogen) atoms. The molecule has 1 amide bonds. The van der Waals surface area contributed by atoms with Gasteiger partial charge in [0.2, 0.25) is 5.91 Å². The minimum absolute atomic E-state index is 0.00819. The molecule has 1 N–H and O–H groups in total. The lowest BCUT2D eigenvalue weighted by atomic mass is 9.93. The molecule has 1 fully saturated rings. The first-order valence-electron chi connectivity index (χ1n) is 8.74. The predicted octanol–water partition coefficient (Wildman–Crippen LogP) is 4.10. The number of carbonyl (C=O) groups is 1. The van der Waals surface area contributed by atoms with Crippen molar-refractivity contribution in [1.82, 2.24) is 9.88 Å². The number of amides is 1. The molecule has 7 heteroatoms. The van der Waals surface area contributed by atoms with Crippen LogP contribution in [0.1, 0.15) is 50.1 Å². The Kier molecular flexibility index (Phi) is 6.16. The summed E-state index contributed by atoms with van der Waals surface area (Å²) in [5.41, 5.74) is 1.18. The minimum atomic E-state index is -0.00819. The SMILES string of the molecule is C[C@@H]1CCc2nc(NC(=O)CSC(=S)N3CCCC[C@H]3C)sc2C1. The average molecular weight is 384 g/mol. The molecule has 2 heterocycles. The number of carbonyl (C=O) groups excluding carboxylic acids is 1. The number of aromatic nitrogens is 1. The standard InChI is InChI=1S/C17H25N3OS3/c1-11-6-7-13-14(9-11)24-16(18-13)19-15(21)10-23-17(22)20-8-4-3-5-12(20)2/h11-12H,3-10H2,1-2H3,(H,18,19,21)/t11-,12-/m1/s1. The van der Waals surface area contributed by atoms with Gasteiger partial charge in [0, 0.05) is 17.5 Å². The van der Waals surface area contributed by atoms with Crippen molar-refractivity contribution in [3.05, 3.63) is 10.6 Å². The molecule has 0 unspecified atom stereocenters. The number of hydrogen-bond acceptors (Lipinski definition) is 5. The lowest BCUT2D eigenvalue weighted by Crippen LogP contribution is -2.40. The lowest BCUT2D eigenvalue weighted by Gasteiger charge is -2.34. The molecule has 0 spiro atoms. The molecule has 1 aliphatic carbocycles. The zero-order chi connectivity index (χ0) is 17.1. The van der Waals surface area contributed by atoms with Gasteiger partial charge in [-0.15, -0.1) is 11.3 Å². The van der Waals surface area contributed by atoms with Crippen molar-refractivity contribution >= 4 is 50.7 Å². The van der Waals surface area contributed by atoms with Gasteiger partial charge in [-0.3, -0.25) is 4.79 Å². The maximum Gasteiger partial charge on any atom is 0.236 e. The van der Waals surface area contributed by atoms with E-state index in [-0.39, 0.29) is 5.91 Å². The molecular formula is C17H25N3OS3. The largest absolute Gasteiger partial charge is 0.355 e. The quantitative estimate of drug-likeness (QED) is 0.796. The number of likely N-dealkylation sites (tertiary alicyclic amines) is 1. The number of thiazole rings is 1. The molecule has 0 bridgehead atoms. The number of nitrogens with zero attached hydrogens (tertiary/aromatic N) is 2. The van der Waals surface area contributed by atoms with Crippen LogP contribution in [0.15, 0.2) is 0 Å². The first-order valence-corrected chi connectivity index (χ1v) is 11.0. The number of nitrogens with one attached hydrogen (secondary N) is 1. The maximum absolute atomic E-state index is 12.2. The van der Waals surface area contributed by atoms with Gasteiger partial charge < -0.3 is 10.2 Å². The number of thioether (sulfide) groups is 1. The smallest absolute Gasteiger partial charge is 0.236 e. The van der Waals surface area contributed by atoms with Gasteiger partial charge >= 0.3 is 0 Å². The summed E-state index contributed by atoms with van der Waals surface area (Å²) in [4.78, 5) is 20.4. The Balaban J connectivity index is 1.48. The number of thiocarbonyl (C=S) groups is 1. The Bertz CT molecular complexity index is 616. The summed E-state index contributed by atoms with van der Waals surface area (Å²) in [7, 11) is 0. The van der Waals surface area contributed by atoms with Gasteiger partial charge in [0.25, 0.3) is 0 Å². The zero-order valence-electron chi connectivity index (χ0n) is 14.3. The van der Waals surface area contributed by atoms with E-state index < -0.39 is 0 Å². The molecule has 3 rings (SSSR count). The van der Waals surface area contributed by atoms with Gasteiger partial charge in [0.05, 0.1) is 11.4 Å². The van der Waals surface area contributed by atoms with Crippen LogP contribution in [-0.2, 0) is 17.6 Å². The maximum atomic E-state index is 12.2. The average Bonchev–Trinajstić information content (AvgIpc) is 2.94. The minimum Gasteiger partial charge on any atom is -0.355 e. The van der Waals surface area contributed by atoms with Gasteiger partial charge in [0.15, 0.2) is 5.13 Å². The molecule has 1 aromatic rings. The van der Waals surface area contributed by atoms with Gasteiger partial charge in [-0.25, -0.2) is 4.98 Å². The van der Waals surface area contributed by atoms with Gasteiger partial charge in [-0.05, 0) is 51.4 Å². The predicted molar refractivity (Wildman–Crippen MR) is 107 cm³/mol. The fraction of sp³-hybridized carbons (Fsp3) is 0.706. The van der Waals surface area contributed by atoms with E-state index in [0.717, 1.165) is 34.8 Å². The Morgan fingerprint density at radius 3 is 3.04 bits per heavy atom. The van der Waals surface area contributed by atoms with Crippen molar-refractivity contribution in [2.45, 2.75) is 58.4 Å². The van der Waals surface area contributed by atoms with Crippen LogP contribution in [0.5, 0.6) is 0 Å². The van der Waals surface area contributed by atoms with Crippen LogP contribution < -0.4 is 5.32 Å². The summed E-state index contributed by atoms with van der Waals surface area (Å²) < 4.78 is 0.851. The molecule has 2 aliphatic rings. The Morgan fingerprint density at radius 2 is 2.25 bits per heavy atom. The molecule has 1 aromatic heterocycles. The van der Waals surface area contributed by atoms with Crippen molar-refractivity contribution in [1.29, 1.82) is 0 Å². The third-order valence-electron chi connectivity index (χ3n) is 4.80. The number of fused-ring (bicyclic) bond motifs is 1. The van der Waals surface area contributed by atoms with Crippen LogP contribution >= 0.6 is 35.3 Å². The molecule has 1 saturated heterocycles. The fourth-order valence-electron chi connectivity index (χ4n) is 3.33. The number of piperidine rings is 1. The highest BCUT2D eigenvalue weighted by Gasteiger charge is 2.23. The van der Waals surface area contributed by atoms with Crippen molar-refractivity contribution < 1.29 is 4.79 Å². The monoisotopic (exact) mass is 383 g/mol. The fourth-order valence-corrected chi connectivity index (χ4v) is 5.73. The summed E-state index contributed by atoms with van der Waals surface area (Å²) in [5.74, 6) is 1.08. The Labute approximate surface area is 157 Å². The second-order valence-corrected chi connectivity index (χ2v) is 9.57. The summed E-state index contributed by atoms with van der Waals surface area (Å²) in [5, 5.41) is 3.70. The van der Waals surface area contributed by atoms with E-state index in [1.807, 2.05) is 0 Å². The highest BCUT2D eigenvalue weighted by Crippen LogP contribution is 2.32. The van der Waals surface area contributed by atoms with Crippen molar-refractivity contribution in [3.8, 4) is 0 Å². The first-order chi connectivity index (χ1) is 11.5. The van der Waals surface area contributed by atoms with Crippen molar-refractivity contribution in [2.24, 2.45) is 5.92 Å². The van der Waals surface area contributed by atoms with Gasteiger partial charge in [0.1, 0.15) is 4.32 Å². The molecule has 0 saturated carbocycles. The van der Waals surface area contributed by atoms with E-state index in [9.17, 15) is 4.79 Å². The molecule has 0 aromatic carbocycles. The number of aryl methyl sites for hydroxylation is 1. The van der Waals surface area contributed by atoms with E-state index in [0.29, 0.717) is 11.8 Å². The first kappa shape index (κ1) is 18.1. The van der Waals surface area contributed by atoms with Crippen LogP contribution in [0.2, 0.25) is 0 Å². The number of rotatable bonds is 3. The lowest BCUT2D eigenvalue weighted by molar-refractivity contribution is -0.113. The van der Waals surface area contributed by atoms with E-state index in [1.165, 1.54) is 48.0 Å². The van der Waals surface area contributed by atoms with Crippen LogP contribution in [0.3, 0.4) is 0 Å². The van der Waals surface area contributed by atoms with Crippen molar-refractivity contribution in [2.75, 3.05) is 17.6 Å². The normalized spacial score (nSPS) is 23.7.